The predicted octanol–water partition coefficient (Wildman–Crippen LogP) is -0.525. The summed E-state index contributed by atoms with van der Waals surface area (Å²) in [4.78, 5) is 28.9. The minimum atomic E-state index is -0.272. The first-order valence-electron chi connectivity index (χ1n) is 5.00. The van der Waals surface area contributed by atoms with E-state index in [4.69, 9.17) is 4.74 Å². The molecule has 0 radical (unpaired) electrons. The highest BCUT2D eigenvalue weighted by Crippen LogP contribution is 2.05. The number of hydrogen-bond donors (Lipinski definition) is 0. The first-order valence-corrected chi connectivity index (χ1v) is 5.00. The van der Waals surface area contributed by atoms with E-state index in [1.54, 1.807) is 14.1 Å². The summed E-state index contributed by atoms with van der Waals surface area (Å²) < 4.78 is 6.74. The van der Waals surface area contributed by atoms with Crippen molar-refractivity contribution in [3.8, 4) is 0 Å². The minimum absolute atomic E-state index is 0.173. The van der Waals surface area contributed by atoms with Crippen LogP contribution in [0.5, 0.6) is 0 Å². The lowest BCUT2D eigenvalue weighted by Crippen LogP contribution is -2.34. The van der Waals surface area contributed by atoms with E-state index in [1.165, 1.54) is 15.5 Å². The molecular weight excluding hydrogens is 210 g/mol. The lowest BCUT2D eigenvalue weighted by atomic mass is 10.3. The van der Waals surface area contributed by atoms with Crippen LogP contribution in [0.4, 0.5) is 0 Å². The Morgan fingerprint density at radius 1 is 1.56 bits per heavy atom. The topological polar surface area (TPSA) is 64.4 Å². The van der Waals surface area contributed by atoms with Crippen LogP contribution in [0.2, 0.25) is 0 Å². The number of carbonyl (C=O) groups is 1. The van der Waals surface area contributed by atoms with E-state index in [2.05, 4.69) is 4.98 Å². The monoisotopic (exact) mass is 223 g/mol. The Kier molecular flexibility index (Phi) is 2.74. The van der Waals surface area contributed by atoms with Gasteiger partial charge in [0.15, 0.2) is 0 Å². The van der Waals surface area contributed by atoms with Gasteiger partial charge in [-0.2, -0.15) is 0 Å². The van der Waals surface area contributed by atoms with Gasteiger partial charge in [-0.1, -0.05) is 0 Å². The second kappa shape index (κ2) is 4.05. The van der Waals surface area contributed by atoms with Crippen LogP contribution < -0.4 is 5.56 Å². The van der Waals surface area contributed by atoms with Crippen molar-refractivity contribution < 1.29 is 9.53 Å². The summed E-state index contributed by atoms with van der Waals surface area (Å²) in [5.41, 5.74) is -0.0229. The number of rotatable bonds is 1. The number of ether oxygens (including phenoxy) is 1. The van der Waals surface area contributed by atoms with Crippen LogP contribution in [0.25, 0.3) is 0 Å². The first kappa shape index (κ1) is 10.8. The van der Waals surface area contributed by atoms with Gasteiger partial charge < -0.3 is 9.64 Å². The van der Waals surface area contributed by atoms with Crippen LogP contribution in [0.3, 0.4) is 0 Å². The second-order valence-electron chi connectivity index (χ2n) is 3.80. The third kappa shape index (κ3) is 1.83. The molecule has 0 atom stereocenters. The zero-order chi connectivity index (χ0) is 11.7. The van der Waals surface area contributed by atoms with Gasteiger partial charge >= 0.3 is 0 Å². The van der Waals surface area contributed by atoms with Crippen LogP contribution in [0.1, 0.15) is 16.3 Å². The van der Waals surface area contributed by atoms with Crippen molar-refractivity contribution in [2.75, 3.05) is 20.7 Å². The largest absolute Gasteiger partial charge is 0.372 e. The van der Waals surface area contributed by atoms with Gasteiger partial charge in [-0.15, -0.1) is 0 Å². The molecule has 1 amide bonds. The number of carbonyl (C=O) groups excluding carboxylic acids is 1. The molecule has 6 nitrogen and oxygen atoms in total. The van der Waals surface area contributed by atoms with Crippen LogP contribution in [0.15, 0.2) is 10.9 Å². The Balaban J connectivity index is 2.47. The highest BCUT2D eigenvalue weighted by Gasteiger charge is 2.17. The molecule has 16 heavy (non-hydrogen) atoms. The molecule has 0 unspecified atom stereocenters. The predicted molar refractivity (Wildman–Crippen MR) is 56.2 cm³/mol. The number of fused-ring (bicyclic) bond motifs is 1. The van der Waals surface area contributed by atoms with Crippen molar-refractivity contribution in [1.82, 2.24) is 14.5 Å². The minimum Gasteiger partial charge on any atom is -0.372 e. The summed E-state index contributed by atoms with van der Waals surface area (Å²) in [6.07, 6.45) is 0. The first-order chi connectivity index (χ1) is 7.59. The molecule has 0 fully saturated rings. The molecule has 0 bridgehead atoms. The van der Waals surface area contributed by atoms with Gasteiger partial charge in [0.25, 0.3) is 11.5 Å². The fraction of sp³-hybridized carbons (Fsp3) is 0.500. The summed E-state index contributed by atoms with van der Waals surface area (Å²) in [5, 5.41) is 0. The van der Waals surface area contributed by atoms with E-state index < -0.39 is 0 Å². The van der Waals surface area contributed by atoms with E-state index in [0.29, 0.717) is 19.0 Å². The molecule has 2 heterocycles. The number of aromatic nitrogens is 2. The number of nitrogens with zero attached hydrogens (tertiary/aromatic N) is 3. The van der Waals surface area contributed by atoms with Crippen LogP contribution in [-0.4, -0.2) is 41.1 Å². The maximum Gasteiger partial charge on any atom is 0.272 e. The molecule has 1 aliphatic rings. The molecule has 86 valence electrons. The van der Waals surface area contributed by atoms with Crippen molar-refractivity contribution in [3.63, 3.8) is 0 Å². The second-order valence-corrected chi connectivity index (χ2v) is 3.80. The fourth-order valence-electron chi connectivity index (χ4n) is 1.56. The summed E-state index contributed by atoms with van der Waals surface area (Å²) in [7, 11) is 3.25. The highest BCUT2D eigenvalue weighted by atomic mass is 16.5. The molecule has 1 aliphatic heterocycles. The molecule has 0 saturated heterocycles. The maximum absolute atomic E-state index is 11.7. The van der Waals surface area contributed by atoms with Crippen molar-refractivity contribution in [1.29, 1.82) is 0 Å². The average molecular weight is 223 g/mol. The molecule has 0 aromatic carbocycles. The third-order valence-electron chi connectivity index (χ3n) is 2.40. The normalized spacial score (nSPS) is 14.4. The van der Waals surface area contributed by atoms with Gasteiger partial charge in [0, 0.05) is 20.2 Å². The van der Waals surface area contributed by atoms with Crippen LogP contribution in [0, 0.1) is 0 Å². The number of amides is 1. The average Bonchev–Trinajstić information content (AvgIpc) is 2.28. The molecule has 0 saturated carbocycles. The van der Waals surface area contributed by atoms with E-state index in [-0.39, 0.29) is 23.8 Å². The molecule has 6 heteroatoms. The lowest BCUT2D eigenvalue weighted by molar-refractivity contribution is 0.0753. The van der Waals surface area contributed by atoms with E-state index in [1.807, 2.05) is 0 Å². The summed E-state index contributed by atoms with van der Waals surface area (Å²) in [6.45, 7) is 1.29. The lowest BCUT2D eigenvalue weighted by Gasteiger charge is -2.18. The van der Waals surface area contributed by atoms with Gasteiger partial charge in [0.05, 0.1) is 13.2 Å². The van der Waals surface area contributed by atoms with E-state index in [0.717, 1.165) is 0 Å². The quantitative estimate of drug-likeness (QED) is 0.642. The standard InChI is InChI=1S/C10H13N3O3/c1-12(2)10(15)7-5-9(14)13-3-4-16-6-8(13)11-7/h5H,3-4,6H2,1-2H3. The Bertz CT molecular complexity index is 479. The molecule has 2 rings (SSSR count). The zero-order valence-electron chi connectivity index (χ0n) is 9.27. The van der Waals surface area contributed by atoms with E-state index >= 15 is 0 Å². The maximum atomic E-state index is 11.7. The third-order valence-corrected chi connectivity index (χ3v) is 2.40. The summed E-state index contributed by atoms with van der Waals surface area (Å²) >= 11 is 0. The van der Waals surface area contributed by atoms with Crippen LogP contribution in [-0.2, 0) is 17.9 Å². The molecule has 0 spiro atoms. The van der Waals surface area contributed by atoms with E-state index in [9.17, 15) is 9.59 Å². The van der Waals surface area contributed by atoms with Crippen molar-refractivity contribution in [2.24, 2.45) is 0 Å². The Labute approximate surface area is 92.5 Å². The van der Waals surface area contributed by atoms with Crippen molar-refractivity contribution in [2.45, 2.75) is 13.2 Å². The number of hydrogen-bond acceptors (Lipinski definition) is 4. The molecule has 1 aromatic rings. The Morgan fingerprint density at radius 3 is 3.00 bits per heavy atom. The SMILES string of the molecule is CN(C)C(=O)c1cc(=O)n2c(n1)COCC2. The van der Waals surface area contributed by atoms with Crippen LogP contribution >= 0.6 is 0 Å². The molecule has 0 aliphatic carbocycles. The van der Waals surface area contributed by atoms with Gasteiger partial charge in [-0.25, -0.2) is 4.98 Å². The molecular formula is C10H13N3O3. The van der Waals surface area contributed by atoms with Gasteiger partial charge in [0.2, 0.25) is 0 Å². The van der Waals surface area contributed by atoms with Gasteiger partial charge in [0.1, 0.15) is 18.1 Å². The summed E-state index contributed by atoms with van der Waals surface area (Å²) in [6, 6.07) is 1.27. The van der Waals surface area contributed by atoms with Gasteiger partial charge in [-0.05, 0) is 0 Å². The smallest absolute Gasteiger partial charge is 0.272 e. The molecule has 0 N–H and O–H groups in total. The summed E-state index contributed by atoms with van der Waals surface area (Å²) in [5.74, 6) is 0.245. The fourth-order valence-corrected chi connectivity index (χ4v) is 1.56. The van der Waals surface area contributed by atoms with Gasteiger partial charge in [-0.3, -0.25) is 14.2 Å². The van der Waals surface area contributed by atoms with Crippen molar-refractivity contribution >= 4 is 5.91 Å². The van der Waals surface area contributed by atoms with Crippen molar-refractivity contribution in [3.05, 3.63) is 27.9 Å². The zero-order valence-corrected chi connectivity index (χ0v) is 9.27. The Hall–Kier alpha value is -1.69. The highest BCUT2D eigenvalue weighted by molar-refractivity contribution is 5.91. The Morgan fingerprint density at radius 2 is 2.31 bits per heavy atom. The molecule has 1 aromatic heterocycles.